The third kappa shape index (κ3) is 4.90. The third-order valence-electron chi connectivity index (χ3n) is 3.42. The van der Waals surface area contributed by atoms with Crippen molar-refractivity contribution in [2.75, 3.05) is 19.7 Å². The van der Waals surface area contributed by atoms with Crippen LogP contribution in [-0.4, -0.2) is 41.6 Å². The first kappa shape index (κ1) is 15.4. The molecule has 1 saturated heterocycles. The molecule has 18 heavy (non-hydrogen) atoms. The summed E-state index contributed by atoms with van der Waals surface area (Å²) in [5, 5.41) is 0. The Morgan fingerprint density at radius 3 is 2.83 bits per heavy atom. The van der Waals surface area contributed by atoms with Gasteiger partial charge in [-0.05, 0) is 26.2 Å². The van der Waals surface area contributed by atoms with Gasteiger partial charge >= 0.3 is 0 Å². The van der Waals surface area contributed by atoms with E-state index in [1.807, 2.05) is 18.7 Å². The van der Waals surface area contributed by atoms with Crippen molar-refractivity contribution in [2.45, 2.75) is 45.6 Å². The van der Waals surface area contributed by atoms with Crippen LogP contribution < -0.4 is 5.73 Å². The predicted molar refractivity (Wildman–Crippen MR) is 76.4 cm³/mol. The number of nitrogens with two attached hydrogens (primary N) is 1. The highest BCUT2D eigenvalue weighted by atomic mass is 32.1. The van der Waals surface area contributed by atoms with Gasteiger partial charge in [-0.2, -0.15) is 0 Å². The zero-order valence-electron chi connectivity index (χ0n) is 11.4. The summed E-state index contributed by atoms with van der Waals surface area (Å²) >= 11 is 4.94. The van der Waals surface area contributed by atoms with Crippen LogP contribution in [0.3, 0.4) is 0 Å². The first-order valence-corrected chi connectivity index (χ1v) is 7.14. The molecular formula is C13H24N2O2S. The Labute approximate surface area is 115 Å². The molecule has 2 atom stereocenters. The lowest BCUT2D eigenvalue weighted by molar-refractivity contribution is -0.131. The molecule has 5 heteroatoms. The number of amides is 1. The van der Waals surface area contributed by atoms with Gasteiger partial charge in [0.1, 0.15) is 0 Å². The number of nitrogens with zero attached hydrogens (tertiary/aromatic N) is 1. The normalized spacial score (nSPS) is 20.7. The van der Waals surface area contributed by atoms with Crippen molar-refractivity contribution in [2.24, 2.45) is 11.7 Å². The molecule has 0 aliphatic carbocycles. The highest BCUT2D eigenvalue weighted by Gasteiger charge is 2.20. The number of carbonyl (C=O) groups excluding carboxylic acids is 1. The van der Waals surface area contributed by atoms with Crippen LogP contribution in [0.1, 0.15) is 39.5 Å². The molecule has 1 rings (SSSR count). The first-order chi connectivity index (χ1) is 8.54. The van der Waals surface area contributed by atoms with E-state index in [1.54, 1.807) is 0 Å². The summed E-state index contributed by atoms with van der Waals surface area (Å²) in [6, 6.07) is 0. The molecular weight excluding hydrogens is 248 g/mol. The second kappa shape index (κ2) is 7.69. The lowest BCUT2D eigenvalue weighted by Gasteiger charge is -2.24. The smallest absolute Gasteiger partial charge is 0.222 e. The summed E-state index contributed by atoms with van der Waals surface area (Å²) in [6.07, 6.45) is 3.87. The minimum atomic E-state index is 0.0756. The maximum atomic E-state index is 12.1. The highest BCUT2D eigenvalue weighted by Crippen LogP contribution is 2.17. The van der Waals surface area contributed by atoms with E-state index in [2.05, 4.69) is 0 Å². The summed E-state index contributed by atoms with van der Waals surface area (Å²) in [4.78, 5) is 14.4. The standard InChI is InChI=1S/C13H24N2O2S/c1-3-15(9-10(2)13(14)18)12(16)7-6-11-5-4-8-17-11/h10-11H,3-9H2,1-2H3,(H2,14,18). The van der Waals surface area contributed by atoms with Gasteiger partial charge in [-0.3, -0.25) is 4.79 Å². The fraction of sp³-hybridized carbons (Fsp3) is 0.846. The molecule has 1 aliphatic heterocycles. The van der Waals surface area contributed by atoms with E-state index in [1.165, 1.54) is 0 Å². The number of ether oxygens (including phenoxy) is 1. The van der Waals surface area contributed by atoms with Crippen LogP contribution >= 0.6 is 12.2 Å². The average Bonchev–Trinajstić information content (AvgIpc) is 2.85. The van der Waals surface area contributed by atoms with Crippen LogP contribution in [0, 0.1) is 5.92 Å². The number of thiocarbonyl (C=S) groups is 1. The molecule has 1 fully saturated rings. The van der Waals surface area contributed by atoms with Crippen molar-refractivity contribution >= 4 is 23.1 Å². The number of carbonyl (C=O) groups is 1. The molecule has 2 unspecified atom stereocenters. The van der Waals surface area contributed by atoms with Gasteiger partial charge in [0.2, 0.25) is 5.91 Å². The Kier molecular flexibility index (Phi) is 6.57. The van der Waals surface area contributed by atoms with Crippen LogP contribution in [0.2, 0.25) is 0 Å². The molecule has 0 spiro atoms. The Morgan fingerprint density at radius 2 is 2.33 bits per heavy atom. The maximum Gasteiger partial charge on any atom is 0.222 e. The van der Waals surface area contributed by atoms with Crippen LogP contribution in [0.4, 0.5) is 0 Å². The van der Waals surface area contributed by atoms with E-state index >= 15 is 0 Å². The van der Waals surface area contributed by atoms with Crippen molar-refractivity contribution in [3.63, 3.8) is 0 Å². The Morgan fingerprint density at radius 1 is 1.61 bits per heavy atom. The summed E-state index contributed by atoms with van der Waals surface area (Å²) in [5.74, 6) is 0.253. The molecule has 0 aromatic heterocycles. The lowest BCUT2D eigenvalue weighted by Crippen LogP contribution is -2.38. The zero-order chi connectivity index (χ0) is 13.5. The van der Waals surface area contributed by atoms with E-state index in [0.717, 1.165) is 25.9 Å². The van der Waals surface area contributed by atoms with Crippen LogP contribution in [0.5, 0.6) is 0 Å². The highest BCUT2D eigenvalue weighted by molar-refractivity contribution is 7.80. The molecule has 0 aromatic rings. The summed E-state index contributed by atoms with van der Waals surface area (Å²) in [7, 11) is 0. The SMILES string of the molecule is CCN(CC(C)C(N)=S)C(=O)CCC1CCCO1. The third-order valence-corrected chi connectivity index (χ3v) is 3.82. The monoisotopic (exact) mass is 272 g/mol. The minimum absolute atomic E-state index is 0.0756. The van der Waals surface area contributed by atoms with Gasteiger partial charge in [0.05, 0.1) is 11.1 Å². The molecule has 104 valence electrons. The van der Waals surface area contributed by atoms with Gasteiger partial charge in [0.25, 0.3) is 0 Å². The van der Waals surface area contributed by atoms with Gasteiger partial charge in [-0.15, -0.1) is 0 Å². The second-order valence-electron chi connectivity index (χ2n) is 4.91. The van der Waals surface area contributed by atoms with Crippen molar-refractivity contribution in [3.05, 3.63) is 0 Å². The van der Waals surface area contributed by atoms with Gasteiger partial charge in [-0.1, -0.05) is 19.1 Å². The van der Waals surface area contributed by atoms with Crippen LogP contribution in [-0.2, 0) is 9.53 Å². The van der Waals surface area contributed by atoms with Crippen molar-refractivity contribution < 1.29 is 9.53 Å². The predicted octanol–water partition coefficient (Wildman–Crippen LogP) is 1.72. The zero-order valence-corrected chi connectivity index (χ0v) is 12.2. The largest absolute Gasteiger partial charge is 0.393 e. The van der Waals surface area contributed by atoms with Gasteiger partial charge in [-0.25, -0.2) is 0 Å². The summed E-state index contributed by atoms with van der Waals surface area (Å²) < 4.78 is 5.52. The van der Waals surface area contributed by atoms with Gasteiger partial charge < -0.3 is 15.4 Å². The maximum absolute atomic E-state index is 12.1. The lowest BCUT2D eigenvalue weighted by atomic mass is 10.1. The van der Waals surface area contributed by atoms with E-state index in [4.69, 9.17) is 22.7 Å². The molecule has 2 N–H and O–H groups in total. The Balaban J connectivity index is 2.33. The van der Waals surface area contributed by atoms with E-state index in [9.17, 15) is 4.79 Å². The van der Waals surface area contributed by atoms with Crippen molar-refractivity contribution in [3.8, 4) is 0 Å². The average molecular weight is 272 g/mol. The summed E-state index contributed by atoms with van der Waals surface area (Å²) in [6.45, 7) is 6.11. The Bertz CT molecular complexity index is 291. The van der Waals surface area contributed by atoms with E-state index in [0.29, 0.717) is 24.5 Å². The molecule has 4 nitrogen and oxygen atoms in total. The molecule has 1 heterocycles. The van der Waals surface area contributed by atoms with Crippen LogP contribution in [0.25, 0.3) is 0 Å². The minimum Gasteiger partial charge on any atom is -0.393 e. The van der Waals surface area contributed by atoms with Crippen molar-refractivity contribution in [1.29, 1.82) is 0 Å². The molecule has 0 bridgehead atoms. The fourth-order valence-electron chi connectivity index (χ4n) is 2.14. The Hall–Kier alpha value is -0.680. The molecule has 0 aromatic carbocycles. The van der Waals surface area contributed by atoms with Crippen molar-refractivity contribution in [1.82, 2.24) is 4.90 Å². The summed E-state index contributed by atoms with van der Waals surface area (Å²) in [5.41, 5.74) is 5.59. The van der Waals surface area contributed by atoms with E-state index < -0.39 is 0 Å². The quantitative estimate of drug-likeness (QED) is 0.717. The van der Waals surface area contributed by atoms with E-state index in [-0.39, 0.29) is 17.9 Å². The number of hydrogen-bond donors (Lipinski definition) is 1. The fourth-order valence-corrected chi connectivity index (χ4v) is 2.22. The van der Waals surface area contributed by atoms with Gasteiger partial charge in [0.15, 0.2) is 0 Å². The topological polar surface area (TPSA) is 55.6 Å². The molecule has 0 saturated carbocycles. The van der Waals surface area contributed by atoms with Crippen LogP contribution in [0.15, 0.2) is 0 Å². The molecule has 1 aliphatic rings. The molecule has 0 radical (unpaired) electrons. The number of hydrogen-bond acceptors (Lipinski definition) is 3. The first-order valence-electron chi connectivity index (χ1n) is 6.73. The number of rotatable bonds is 7. The van der Waals surface area contributed by atoms with Gasteiger partial charge in [0, 0.05) is 32.0 Å². The second-order valence-corrected chi connectivity index (χ2v) is 5.38. The molecule has 1 amide bonds.